The number of carbonyl (C=O) groups excluding carboxylic acids is 1. The lowest BCUT2D eigenvalue weighted by Crippen LogP contribution is -2.19. The van der Waals surface area contributed by atoms with E-state index in [9.17, 15) is 4.79 Å². The largest absolute Gasteiger partial charge is 0.292 e. The first kappa shape index (κ1) is 12.1. The van der Waals surface area contributed by atoms with E-state index >= 15 is 0 Å². The number of aromatic nitrogens is 2. The molecule has 0 aliphatic heterocycles. The van der Waals surface area contributed by atoms with Crippen LogP contribution in [0.5, 0.6) is 0 Å². The normalized spacial score (nSPS) is 13.9. The predicted molar refractivity (Wildman–Crippen MR) is 74.7 cm³/mol. The van der Waals surface area contributed by atoms with Crippen molar-refractivity contribution < 1.29 is 4.79 Å². The first-order valence-corrected chi connectivity index (χ1v) is 7.01. The topological polar surface area (TPSA) is 70.1 Å². The molecule has 19 heavy (non-hydrogen) atoms. The highest BCUT2D eigenvalue weighted by atomic mass is 32.1. The molecule has 0 saturated heterocycles. The fourth-order valence-corrected chi connectivity index (χ4v) is 2.99. The van der Waals surface area contributed by atoms with Crippen molar-refractivity contribution in [2.24, 2.45) is 5.10 Å². The summed E-state index contributed by atoms with van der Waals surface area (Å²) in [6, 6.07) is 4.00. The molecule has 5 nitrogen and oxygen atoms in total. The van der Waals surface area contributed by atoms with Gasteiger partial charge in [0, 0.05) is 21.0 Å². The van der Waals surface area contributed by atoms with Crippen LogP contribution in [0.25, 0.3) is 0 Å². The summed E-state index contributed by atoms with van der Waals surface area (Å²) >= 11 is 1.63. The van der Waals surface area contributed by atoms with E-state index in [4.69, 9.17) is 0 Å². The highest BCUT2D eigenvalue weighted by molar-refractivity contribution is 7.13. The number of rotatable bonds is 3. The van der Waals surface area contributed by atoms with E-state index < -0.39 is 0 Å². The molecule has 0 saturated carbocycles. The smallest absolute Gasteiger partial charge is 0.281 e. The molecule has 1 aliphatic carbocycles. The lowest BCUT2D eigenvalue weighted by Gasteiger charge is -1.97. The van der Waals surface area contributed by atoms with Gasteiger partial charge in [-0.1, -0.05) is 0 Å². The van der Waals surface area contributed by atoms with E-state index in [1.54, 1.807) is 17.6 Å². The Labute approximate surface area is 114 Å². The van der Waals surface area contributed by atoms with Crippen LogP contribution in [0, 0.1) is 6.92 Å². The van der Waals surface area contributed by atoms with Crippen LogP contribution in [0.3, 0.4) is 0 Å². The fourth-order valence-electron chi connectivity index (χ4n) is 2.24. The van der Waals surface area contributed by atoms with Crippen LogP contribution in [0.15, 0.2) is 17.2 Å². The molecule has 2 N–H and O–H groups in total. The molecule has 0 aromatic carbocycles. The maximum absolute atomic E-state index is 12.0. The molecule has 0 radical (unpaired) electrons. The number of nitrogens with zero attached hydrogens (tertiary/aromatic N) is 2. The molecule has 2 aromatic rings. The highest BCUT2D eigenvalue weighted by Crippen LogP contribution is 2.22. The minimum Gasteiger partial charge on any atom is -0.281 e. The second kappa shape index (κ2) is 4.97. The molecule has 0 unspecified atom stereocenters. The molecule has 98 valence electrons. The van der Waals surface area contributed by atoms with Crippen LogP contribution in [-0.4, -0.2) is 22.3 Å². The van der Waals surface area contributed by atoms with E-state index in [0.29, 0.717) is 5.69 Å². The average molecular weight is 274 g/mol. The summed E-state index contributed by atoms with van der Waals surface area (Å²) in [4.78, 5) is 14.2. The van der Waals surface area contributed by atoms with Gasteiger partial charge in [-0.05, 0) is 38.3 Å². The highest BCUT2D eigenvalue weighted by Gasteiger charge is 2.22. The molecule has 2 aromatic heterocycles. The van der Waals surface area contributed by atoms with Gasteiger partial charge in [-0.25, -0.2) is 5.43 Å². The van der Waals surface area contributed by atoms with Gasteiger partial charge in [-0.2, -0.15) is 10.2 Å². The van der Waals surface area contributed by atoms with Gasteiger partial charge in [0.05, 0.1) is 6.21 Å². The summed E-state index contributed by atoms with van der Waals surface area (Å²) < 4.78 is 0. The number of H-pyrrole nitrogens is 1. The molecule has 6 heteroatoms. The van der Waals surface area contributed by atoms with Crippen molar-refractivity contribution in [3.8, 4) is 0 Å². The number of aryl methyl sites for hydroxylation is 2. The minimum absolute atomic E-state index is 0.246. The van der Waals surface area contributed by atoms with Gasteiger partial charge in [-0.3, -0.25) is 9.89 Å². The first-order valence-electron chi connectivity index (χ1n) is 6.20. The van der Waals surface area contributed by atoms with Gasteiger partial charge in [-0.15, -0.1) is 11.3 Å². The summed E-state index contributed by atoms with van der Waals surface area (Å²) in [6.07, 6.45) is 4.64. The standard InChI is InChI=1S/C13H14N4OS/c1-8-5-6-9(19-8)7-14-17-13(18)12-10-3-2-4-11(10)15-16-12/h5-7H,2-4H2,1H3,(H,15,16)(H,17,18). The lowest BCUT2D eigenvalue weighted by atomic mass is 10.2. The number of amides is 1. The van der Waals surface area contributed by atoms with Crippen molar-refractivity contribution in [2.75, 3.05) is 0 Å². The summed E-state index contributed by atoms with van der Waals surface area (Å²) in [5, 5.41) is 10.9. The van der Waals surface area contributed by atoms with Crippen LogP contribution in [0.2, 0.25) is 0 Å². The Hall–Kier alpha value is -1.95. The van der Waals surface area contributed by atoms with Gasteiger partial charge in [0.25, 0.3) is 5.91 Å². The molecule has 0 fully saturated rings. The zero-order chi connectivity index (χ0) is 13.2. The molecule has 1 amide bonds. The number of thiophene rings is 1. The molecule has 1 aliphatic rings. The summed E-state index contributed by atoms with van der Waals surface area (Å²) in [7, 11) is 0. The van der Waals surface area contributed by atoms with Crippen LogP contribution in [0.1, 0.15) is 37.9 Å². The Morgan fingerprint density at radius 3 is 3.21 bits per heavy atom. The van der Waals surface area contributed by atoms with Crippen molar-refractivity contribution in [3.05, 3.63) is 38.8 Å². The number of aromatic amines is 1. The summed E-state index contributed by atoms with van der Waals surface area (Å²) in [5.74, 6) is -0.246. The van der Waals surface area contributed by atoms with E-state index in [1.807, 2.05) is 19.1 Å². The second-order valence-electron chi connectivity index (χ2n) is 4.53. The minimum atomic E-state index is -0.246. The maximum Gasteiger partial charge on any atom is 0.292 e. The second-order valence-corrected chi connectivity index (χ2v) is 5.85. The number of hydrogen-bond donors (Lipinski definition) is 2. The molecule has 0 spiro atoms. The van der Waals surface area contributed by atoms with Gasteiger partial charge in [0.2, 0.25) is 0 Å². The zero-order valence-electron chi connectivity index (χ0n) is 10.6. The van der Waals surface area contributed by atoms with Gasteiger partial charge >= 0.3 is 0 Å². The Morgan fingerprint density at radius 2 is 2.42 bits per heavy atom. The monoisotopic (exact) mass is 274 g/mol. The Balaban J connectivity index is 1.67. The van der Waals surface area contributed by atoms with Crippen molar-refractivity contribution in [2.45, 2.75) is 26.2 Å². The van der Waals surface area contributed by atoms with Gasteiger partial charge in [0.1, 0.15) is 0 Å². The van der Waals surface area contributed by atoms with E-state index in [1.165, 1.54) is 4.88 Å². The molecule has 0 bridgehead atoms. The van der Waals surface area contributed by atoms with Crippen LogP contribution in [0.4, 0.5) is 0 Å². The first-order chi connectivity index (χ1) is 9.24. The third-order valence-corrected chi connectivity index (χ3v) is 4.08. The van der Waals surface area contributed by atoms with Crippen molar-refractivity contribution in [1.29, 1.82) is 0 Å². The zero-order valence-corrected chi connectivity index (χ0v) is 11.4. The van der Waals surface area contributed by atoms with Crippen LogP contribution >= 0.6 is 11.3 Å². The fraction of sp³-hybridized carbons (Fsp3) is 0.308. The predicted octanol–water partition coefficient (Wildman–Crippen LogP) is 2.03. The Kier molecular flexibility index (Phi) is 3.16. The van der Waals surface area contributed by atoms with E-state index in [-0.39, 0.29) is 5.91 Å². The quantitative estimate of drug-likeness (QED) is 0.664. The molecule has 2 heterocycles. The third kappa shape index (κ3) is 2.44. The summed E-state index contributed by atoms with van der Waals surface area (Å²) in [5.41, 5.74) is 5.13. The molecule has 3 rings (SSSR count). The third-order valence-electron chi connectivity index (χ3n) is 3.14. The van der Waals surface area contributed by atoms with Crippen molar-refractivity contribution in [3.63, 3.8) is 0 Å². The molecule has 0 atom stereocenters. The van der Waals surface area contributed by atoms with Gasteiger partial charge < -0.3 is 0 Å². The van der Waals surface area contributed by atoms with E-state index in [2.05, 4.69) is 20.7 Å². The Bertz CT molecular complexity index is 641. The van der Waals surface area contributed by atoms with Crippen LogP contribution < -0.4 is 5.43 Å². The SMILES string of the molecule is Cc1ccc(C=NNC(=O)c2n[nH]c3c2CCC3)s1. The number of hydrazone groups is 1. The number of fused-ring (bicyclic) bond motifs is 1. The Morgan fingerprint density at radius 1 is 1.53 bits per heavy atom. The van der Waals surface area contributed by atoms with Crippen molar-refractivity contribution >= 4 is 23.5 Å². The molecular formula is C13H14N4OS. The molecular weight excluding hydrogens is 260 g/mol. The lowest BCUT2D eigenvalue weighted by molar-refractivity contribution is 0.0949. The summed E-state index contributed by atoms with van der Waals surface area (Å²) in [6.45, 7) is 2.04. The average Bonchev–Trinajstić information content (AvgIpc) is 3.04. The number of carbonyl (C=O) groups is 1. The van der Waals surface area contributed by atoms with E-state index in [0.717, 1.165) is 35.4 Å². The van der Waals surface area contributed by atoms with Crippen molar-refractivity contribution in [1.82, 2.24) is 15.6 Å². The number of hydrogen-bond acceptors (Lipinski definition) is 4. The maximum atomic E-state index is 12.0. The number of nitrogens with one attached hydrogen (secondary N) is 2. The van der Waals surface area contributed by atoms with Crippen LogP contribution in [-0.2, 0) is 12.8 Å². The van der Waals surface area contributed by atoms with Gasteiger partial charge in [0.15, 0.2) is 5.69 Å².